The molecule has 5 heteroatoms. The Kier molecular flexibility index (Phi) is 5.14. The molecule has 0 spiro atoms. The van der Waals surface area contributed by atoms with Gasteiger partial charge in [-0.1, -0.05) is 12.1 Å². The fourth-order valence-corrected chi connectivity index (χ4v) is 4.26. The van der Waals surface area contributed by atoms with Gasteiger partial charge in [-0.05, 0) is 54.4 Å². The Bertz CT molecular complexity index is 936. The van der Waals surface area contributed by atoms with E-state index in [9.17, 15) is 4.39 Å². The summed E-state index contributed by atoms with van der Waals surface area (Å²) in [6.07, 6.45) is 0. The molecule has 2 aromatic carbocycles. The van der Waals surface area contributed by atoms with Gasteiger partial charge in [0.05, 0.1) is 7.11 Å². The summed E-state index contributed by atoms with van der Waals surface area (Å²) in [5, 5.41) is 0. The topological polar surface area (TPSA) is 21.7 Å². The highest BCUT2D eigenvalue weighted by molar-refractivity contribution is 7.15. The van der Waals surface area contributed by atoms with Crippen LogP contribution in [0.15, 0.2) is 48.5 Å². The van der Waals surface area contributed by atoms with E-state index in [1.165, 1.54) is 21.9 Å². The number of methoxy groups -OCH3 is 1. The van der Waals surface area contributed by atoms with Crippen LogP contribution in [0.3, 0.4) is 0 Å². The molecule has 3 aromatic rings. The highest BCUT2D eigenvalue weighted by Crippen LogP contribution is 2.40. The van der Waals surface area contributed by atoms with Crippen LogP contribution in [0.4, 0.5) is 4.39 Å². The number of thiophene rings is 1. The molecule has 0 saturated heterocycles. The van der Waals surface area contributed by atoms with Crippen molar-refractivity contribution in [2.45, 2.75) is 20.0 Å². The Morgan fingerprint density at radius 2 is 1.96 bits per heavy atom. The van der Waals surface area contributed by atoms with Gasteiger partial charge in [-0.3, -0.25) is 4.90 Å². The molecule has 0 amide bonds. The molecule has 0 N–H and O–H groups in total. The van der Waals surface area contributed by atoms with Crippen LogP contribution >= 0.6 is 11.3 Å². The maximum atomic E-state index is 13.2. The quantitative estimate of drug-likeness (QED) is 0.613. The second kappa shape index (κ2) is 7.71. The first-order chi connectivity index (χ1) is 13.1. The van der Waals surface area contributed by atoms with Crippen molar-refractivity contribution in [3.8, 4) is 21.9 Å². The first kappa shape index (κ1) is 18.0. The van der Waals surface area contributed by atoms with Crippen LogP contribution < -0.4 is 9.47 Å². The number of nitrogens with zero attached hydrogens (tertiary/aromatic N) is 1. The number of hydrogen-bond acceptors (Lipinski definition) is 4. The molecule has 0 aliphatic carbocycles. The number of ether oxygens (including phenoxy) is 2. The third-order valence-electron chi connectivity index (χ3n) is 4.74. The molecule has 2 heterocycles. The van der Waals surface area contributed by atoms with Crippen LogP contribution in [-0.2, 0) is 13.1 Å². The lowest BCUT2D eigenvalue weighted by atomic mass is 10.1. The van der Waals surface area contributed by atoms with Crippen molar-refractivity contribution >= 4 is 11.3 Å². The van der Waals surface area contributed by atoms with E-state index < -0.39 is 0 Å². The third-order valence-corrected chi connectivity index (χ3v) is 5.79. The van der Waals surface area contributed by atoms with E-state index in [4.69, 9.17) is 9.47 Å². The second-order valence-corrected chi connectivity index (χ2v) is 8.05. The molecule has 27 heavy (non-hydrogen) atoms. The number of aryl methyl sites for hydroxylation is 1. The Hall–Kier alpha value is -2.37. The molecule has 0 unspecified atom stereocenters. The zero-order valence-corrected chi connectivity index (χ0v) is 16.3. The molecule has 4 rings (SSSR count). The van der Waals surface area contributed by atoms with Crippen molar-refractivity contribution in [2.24, 2.45) is 0 Å². The van der Waals surface area contributed by atoms with Crippen LogP contribution in [0.25, 0.3) is 10.4 Å². The van der Waals surface area contributed by atoms with Crippen LogP contribution in [0, 0.1) is 12.7 Å². The molecule has 0 fully saturated rings. The Balaban J connectivity index is 1.64. The summed E-state index contributed by atoms with van der Waals surface area (Å²) in [6.45, 7) is 5.04. The standard InChI is InChI=1S/C22H22FNO2S/c1-15-3-8-21(27-15)17-11-18-14-24(13-16-4-6-19(23)7-5-16)9-10-26-22(18)20(12-17)25-2/h3-8,11-12H,9-10,13-14H2,1-2H3. The average molecular weight is 383 g/mol. The monoisotopic (exact) mass is 383 g/mol. The Morgan fingerprint density at radius 1 is 1.15 bits per heavy atom. The lowest BCUT2D eigenvalue weighted by Crippen LogP contribution is -2.25. The number of halogens is 1. The first-order valence-corrected chi connectivity index (χ1v) is 9.81. The van der Waals surface area contributed by atoms with Gasteiger partial charge in [0.2, 0.25) is 0 Å². The van der Waals surface area contributed by atoms with E-state index in [-0.39, 0.29) is 5.82 Å². The number of benzene rings is 2. The zero-order valence-electron chi connectivity index (χ0n) is 15.5. The van der Waals surface area contributed by atoms with Gasteiger partial charge in [0, 0.05) is 35.0 Å². The molecule has 0 radical (unpaired) electrons. The van der Waals surface area contributed by atoms with Gasteiger partial charge in [0.1, 0.15) is 12.4 Å². The van der Waals surface area contributed by atoms with Gasteiger partial charge < -0.3 is 9.47 Å². The van der Waals surface area contributed by atoms with Crippen LogP contribution in [0.2, 0.25) is 0 Å². The number of rotatable bonds is 4. The summed E-state index contributed by atoms with van der Waals surface area (Å²) in [4.78, 5) is 4.83. The van der Waals surface area contributed by atoms with E-state index in [1.54, 1.807) is 18.4 Å². The maximum absolute atomic E-state index is 13.2. The summed E-state index contributed by atoms with van der Waals surface area (Å²) >= 11 is 1.78. The van der Waals surface area contributed by atoms with E-state index >= 15 is 0 Å². The minimum absolute atomic E-state index is 0.205. The van der Waals surface area contributed by atoms with E-state index in [1.807, 2.05) is 12.1 Å². The molecule has 1 aromatic heterocycles. The lowest BCUT2D eigenvalue weighted by Gasteiger charge is -2.20. The van der Waals surface area contributed by atoms with E-state index in [2.05, 4.69) is 36.1 Å². The first-order valence-electron chi connectivity index (χ1n) is 8.99. The van der Waals surface area contributed by atoms with Crippen LogP contribution in [0.1, 0.15) is 16.0 Å². The van der Waals surface area contributed by atoms with Crippen LogP contribution in [-0.4, -0.2) is 25.2 Å². The van der Waals surface area contributed by atoms with Crippen molar-refractivity contribution in [3.63, 3.8) is 0 Å². The summed E-state index contributed by atoms with van der Waals surface area (Å²) in [5.41, 5.74) is 3.36. The van der Waals surface area contributed by atoms with Gasteiger partial charge >= 0.3 is 0 Å². The fourth-order valence-electron chi connectivity index (χ4n) is 3.40. The van der Waals surface area contributed by atoms with Gasteiger partial charge in [0.15, 0.2) is 11.5 Å². The van der Waals surface area contributed by atoms with Gasteiger partial charge in [-0.2, -0.15) is 0 Å². The highest BCUT2D eigenvalue weighted by Gasteiger charge is 2.21. The van der Waals surface area contributed by atoms with Crippen molar-refractivity contribution in [3.05, 3.63) is 70.4 Å². The lowest BCUT2D eigenvalue weighted by molar-refractivity contribution is 0.217. The molecular formula is C22H22FNO2S. The molecule has 0 atom stereocenters. The maximum Gasteiger partial charge on any atom is 0.165 e. The minimum Gasteiger partial charge on any atom is -0.493 e. The van der Waals surface area contributed by atoms with Crippen molar-refractivity contribution in [1.82, 2.24) is 4.90 Å². The van der Waals surface area contributed by atoms with Crippen molar-refractivity contribution in [1.29, 1.82) is 0 Å². The van der Waals surface area contributed by atoms with E-state index in [0.29, 0.717) is 6.61 Å². The molecule has 3 nitrogen and oxygen atoms in total. The SMILES string of the molecule is COc1cc(-c2ccc(C)s2)cc2c1OCCN(Cc1ccc(F)cc1)C2. The minimum atomic E-state index is -0.205. The van der Waals surface area contributed by atoms with Gasteiger partial charge in [0.25, 0.3) is 0 Å². The van der Waals surface area contributed by atoms with Crippen molar-refractivity contribution < 1.29 is 13.9 Å². The summed E-state index contributed by atoms with van der Waals surface area (Å²) in [6, 6.07) is 15.2. The molecule has 140 valence electrons. The predicted octanol–water partition coefficient (Wildman–Crippen LogP) is 5.27. The largest absolute Gasteiger partial charge is 0.493 e. The summed E-state index contributed by atoms with van der Waals surface area (Å²) in [7, 11) is 1.68. The number of hydrogen-bond donors (Lipinski definition) is 0. The van der Waals surface area contributed by atoms with Gasteiger partial charge in [-0.25, -0.2) is 4.39 Å². The summed E-state index contributed by atoms with van der Waals surface area (Å²) in [5.74, 6) is 1.40. The number of fused-ring (bicyclic) bond motifs is 1. The zero-order chi connectivity index (χ0) is 18.8. The van der Waals surface area contributed by atoms with Gasteiger partial charge in [-0.15, -0.1) is 11.3 Å². The average Bonchev–Trinajstić information content (AvgIpc) is 3.00. The highest BCUT2D eigenvalue weighted by atomic mass is 32.1. The second-order valence-electron chi connectivity index (χ2n) is 6.76. The van der Waals surface area contributed by atoms with Crippen molar-refractivity contribution in [2.75, 3.05) is 20.3 Å². The predicted molar refractivity (Wildman–Crippen MR) is 107 cm³/mol. The van der Waals surface area contributed by atoms with E-state index in [0.717, 1.165) is 47.8 Å². The molecule has 0 bridgehead atoms. The molecule has 1 aliphatic rings. The Labute approximate surface area is 163 Å². The Morgan fingerprint density at radius 3 is 2.67 bits per heavy atom. The molecule has 0 saturated carbocycles. The normalized spacial score (nSPS) is 14.3. The fraction of sp³-hybridized carbons (Fsp3) is 0.273. The molecular weight excluding hydrogens is 361 g/mol. The summed E-state index contributed by atoms with van der Waals surface area (Å²) < 4.78 is 24.8. The van der Waals surface area contributed by atoms with Crippen LogP contribution in [0.5, 0.6) is 11.5 Å². The third kappa shape index (κ3) is 3.99. The molecule has 1 aliphatic heterocycles. The smallest absolute Gasteiger partial charge is 0.165 e.